The Morgan fingerprint density at radius 1 is 1.38 bits per heavy atom. The lowest BCUT2D eigenvalue weighted by Gasteiger charge is -2.11. The first kappa shape index (κ1) is 18.4. The van der Waals surface area contributed by atoms with Crippen molar-refractivity contribution < 1.29 is 9.90 Å². The van der Waals surface area contributed by atoms with E-state index in [2.05, 4.69) is 15.3 Å². The highest BCUT2D eigenvalue weighted by molar-refractivity contribution is 7.13. The third kappa shape index (κ3) is 3.75. The van der Waals surface area contributed by atoms with Crippen molar-refractivity contribution in [1.29, 1.82) is 0 Å². The second-order valence-corrected chi connectivity index (χ2v) is 7.25. The van der Waals surface area contributed by atoms with Crippen LogP contribution >= 0.6 is 34.5 Å². The third-order valence-corrected chi connectivity index (χ3v) is 5.11. The molecule has 26 heavy (non-hydrogen) atoms. The summed E-state index contributed by atoms with van der Waals surface area (Å²) in [6.07, 6.45) is 0. The van der Waals surface area contributed by atoms with Crippen LogP contribution in [0.5, 0.6) is 5.75 Å². The third-order valence-electron chi connectivity index (χ3n) is 3.67. The molecule has 6 nitrogen and oxygen atoms in total. The van der Waals surface area contributed by atoms with E-state index in [1.807, 2.05) is 12.3 Å². The van der Waals surface area contributed by atoms with Gasteiger partial charge in [-0.2, -0.15) is 0 Å². The van der Waals surface area contributed by atoms with Crippen LogP contribution in [0.4, 0.5) is 0 Å². The summed E-state index contributed by atoms with van der Waals surface area (Å²) in [5.74, 6) is -1.20. The molecule has 0 saturated carbocycles. The van der Waals surface area contributed by atoms with Gasteiger partial charge in [-0.1, -0.05) is 29.3 Å². The van der Waals surface area contributed by atoms with Gasteiger partial charge >= 0.3 is 0 Å². The van der Waals surface area contributed by atoms with Crippen molar-refractivity contribution in [2.75, 3.05) is 0 Å². The number of halogens is 2. The number of thiophene rings is 1. The summed E-state index contributed by atoms with van der Waals surface area (Å²) in [6.45, 7) is 1.92. The number of aromatic amines is 1. The molecule has 0 unspecified atom stereocenters. The van der Waals surface area contributed by atoms with Gasteiger partial charge in [-0.3, -0.25) is 9.59 Å². The van der Waals surface area contributed by atoms with Crippen molar-refractivity contribution in [3.8, 4) is 16.5 Å². The molecule has 2 heterocycles. The number of hydrogen-bond acceptors (Lipinski definition) is 5. The summed E-state index contributed by atoms with van der Waals surface area (Å²) in [5, 5.41) is 15.3. The largest absolute Gasteiger partial charge is 0.501 e. The standard InChI is InChI=1S/C17H13Cl2N3O3S/c1-8-5-9(18)6-11(19)10(8)7-20-16(24)13-14(23)17(25)22-15(21-13)12-3-2-4-26-12/h2-6,23H,7H2,1H3,(H,20,24)(H,21,22,25). The first-order valence-corrected chi connectivity index (χ1v) is 9.10. The highest BCUT2D eigenvalue weighted by Gasteiger charge is 2.19. The molecule has 0 fully saturated rings. The maximum absolute atomic E-state index is 12.5. The summed E-state index contributed by atoms with van der Waals surface area (Å²) in [5.41, 5.74) is 0.367. The van der Waals surface area contributed by atoms with Gasteiger partial charge in [0, 0.05) is 16.6 Å². The molecular formula is C17H13Cl2N3O3S. The Morgan fingerprint density at radius 3 is 2.81 bits per heavy atom. The predicted molar refractivity (Wildman–Crippen MR) is 102 cm³/mol. The Labute approximate surface area is 162 Å². The second kappa shape index (κ2) is 7.49. The summed E-state index contributed by atoms with van der Waals surface area (Å²) in [7, 11) is 0. The molecule has 0 saturated heterocycles. The summed E-state index contributed by atoms with van der Waals surface area (Å²) < 4.78 is 0. The van der Waals surface area contributed by atoms with Crippen LogP contribution in [0, 0.1) is 6.92 Å². The van der Waals surface area contributed by atoms with Crippen LogP contribution in [-0.4, -0.2) is 21.0 Å². The molecule has 0 aliphatic heterocycles. The number of nitrogens with one attached hydrogen (secondary N) is 2. The number of aromatic nitrogens is 2. The Bertz CT molecular complexity index is 1010. The predicted octanol–water partition coefficient (Wildman–Crippen LogP) is 3.75. The number of carbonyl (C=O) groups excluding carboxylic acids is 1. The van der Waals surface area contributed by atoms with Crippen LogP contribution in [0.2, 0.25) is 10.0 Å². The molecule has 9 heteroatoms. The molecule has 0 spiro atoms. The molecule has 134 valence electrons. The fourth-order valence-electron chi connectivity index (χ4n) is 2.36. The number of hydrogen-bond donors (Lipinski definition) is 3. The Balaban J connectivity index is 1.88. The Morgan fingerprint density at radius 2 is 2.15 bits per heavy atom. The van der Waals surface area contributed by atoms with Crippen LogP contribution in [0.3, 0.4) is 0 Å². The fraction of sp³-hybridized carbons (Fsp3) is 0.118. The highest BCUT2D eigenvalue weighted by Crippen LogP contribution is 2.25. The van der Waals surface area contributed by atoms with Gasteiger partial charge in [0.2, 0.25) is 5.75 Å². The van der Waals surface area contributed by atoms with Gasteiger partial charge < -0.3 is 15.4 Å². The SMILES string of the molecule is Cc1cc(Cl)cc(Cl)c1CNC(=O)c1nc(-c2cccs2)[nH]c(=O)c1O. The number of amides is 1. The van der Waals surface area contributed by atoms with E-state index in [1.54, 1.807) is 24.3 Å². The molecule has 3 rings (SSSR count). The molecule has 0 aliphatic carbocycles. The smallest absolute Gasteiger partial charge is 0.294 e. The van der Waals surface area contributed by atoms with Gasteiger partial charge in [-0.25, -0.2) is 4.98 Å². The van der Waals surface area contributed by atoms with E-state index >= 15 is 0 Å². The van der Waals surface area contributed by atoms with E-state index in [9.17, 15) is 14.7 Å². The average Bonchev–Trinajstić information content (AvgIpc) is 3.10. The zero-order valence-electron chi connectivity index (χ0n) is 13.5. The monoisotopic (exact) mass is 409 g/mol. The number of carbonyl (C=O) groups is 1. The van der Waals surface area contributed by atoms with E-state index < -0.39 is 17.2 Å². The zero-order valence-corrected chi connectivity index (χ0v) is 15.8. The highest BCUT2D eigenvalue weighted by atomic mass is 35.5. The second-order valence-electron chi connectivity index (χ2n) is 5.45. The minimum Gasteiger partial charge on any atom is -0.501 e. The number of rotatable bonds is 4. The van der Waals surface area contributed by atoms with E-state index in [4.69, 9.17) is 23.2 Å². The summed E-state index contributed by atoms with van der Waals surface area (Å²) >= 11 is 13.4. The van der Waals surface area contributed by atoms with Gasteiger partial charge in [-0.15, -0.1) is 11.3 Å². The average molecular weight is 410 g/mol. The Hall–Kier alpha value is -2.35. The normalized spacial score (nSPS) is 10.7. The molecule has 0 bridgehead atoms. The molecule has 2 aromatic heterocycles. The molecule has 1 amide bonds. The molecule has 0 radical (unpaired) electrons. The van der Waals surface area contributed by atoms with E-state index in [0.29, 0.717) is 20.5 Å². The van der Waals surface area contributed by atoms with Crippen LogP contribution in [-0.2, 0) is 6.54 Å². The van der Waals surface area contributed by atoms with Crippen molar-refractivity contribution in [1.82, 2.24) is 15.3 Å². The number of nitrogens with zero attached hydrogens (tertiary/aromatic N) is 1. The minimum absolute atomic E-state index is 0.100. The van der Waals surface area contributed by atoms with Crippen molar-refractivity contribution in [2.45, 2.75) is 13.5 Å². The van der Waals surface area contributed by atoms with Gasteiger partial charge in [-0.05, 0) is 41.6 Å². The lowest BCUT2D eigenvalue weighted by Crippen LogP contribution is -2.27. The van der Waals surface area contributed by atoms with Crippen LogP contribution < -0.4 is 10.9 Å². The quantitative estimate of drug-likeness (QED) is 0.611. The Kier molecular flexibility index (Phi) is 5.31. The van der Waals surface area contributed by atoms with E-state index in [-0.39, 0.29) is 18.1 Å². The first-order valence-electron chi connectivity index (χ1n) is 7.46. The summed E-state index contributed by atoms with van der Waals surface area (Å²) in [4.78, 5) is 31.6. The van der Waals surface area contributed by atoms with E-state index in [1.165, 1.54) is 11.3 Å². The molecule has 3 N–H and O–H groups in total. The lowest BCUT2D eigenvalue weighted by atomic mass is 10.1. The zero-order chi connectivity index (χ0) is 18.8. The van der Waals surface area contributed by atoms with Crippen molar-refractivity contribution in [3.63, 3.8) is 0 Å². The van der Waals surface area contributed by atoms with Crippen molar-refractivity contribution in [3.05, 3.63) is 66.9 Å². The molecule has 0 aliphatic rings. The van der Waals surface area contributed by atoms with Gasteiger partial charge in [0.1, 0.15) is 0 Å². The van der Waals surface area contributed by atoms with Crippen LogP contribution in [0.15, 0.2) is 34.4 Å². The van der Waals surface area contributed by atoms with Crippen molar-refractivity contribution >= 4 is 40.4 Å². The molecular weight excluding hydrogens is 397 g/mol. The van der Waals surface area contributed by atoms with Gasteiger partial charge in [0.25, 0.3) is 11.5 Å². The fourth-order valence-corrected chi connectivity index (χ4v) is 3.69. The van der Waals surface area contributed by atoms with Gasteiger partial charge in [0.05, 0.1) is 4.88 Å². The number of aromatic hydroxyl groups is 1. The molecule has 3 aromatic rings. The molecule has 1 aromatic carbocycles. The number of aryl methyl sites for hydroxylation is 1. The van der Waals surface area contributed by atoms with Crippen LogP contribution in [0.25, 0.3) is 10.7 Å². The number of H-pyrrole nitrogens is 1. The topological polar surface area (TPSA) is 95.1 Å². The van der Waals surface area contributed by atoms with E-state index in [0.717, 1.165) is 5.56 Å². The maximum atomic E-state index is 12.5. The van der Waals surface area contributed by atoms with Gasteiger partial charge in [0.15, 0.2) is 11.5 Å². The number of benzene rings is 1. The first-order chi connectivity index (χ1) is 12.4. The minimum atomic E-state index is -0.783. The molecule has 0 atom stereocenters. The maximum Gasteiger partial charge on any atom is 0.294 e. The van der Waals surface area contributed by atoms with Crippen LogP contribution in [0.1, 0.15) is 21.6 Å². The van der Waals surface area contributed by atoms with Crippen molar-refractivity contribution in [2.24, 2.45) is 0 Å². The lowest BCUT2D eigenvalue weighted by molar-refractivity contribution is 0.0942. The summed E-state index contributed by atoms with van der Waals surface area (Å²) in [6, 6.07) is 6.85.